The monoisotopic (exact) mass is 357 g/mol. The third kappa shape index (κ3) is 4.12. The highest BCUT2D eigenvalue weighted by Crippen LogP contribution is 2.29. The Kier molecular flexibility index (Phi) is 5.73. The van der Waals surface area contributed by atoms with E-state index in [0.717, 1.165) is 19.5 Å². The Hall–Kier alpha value is -1.39. The molecule has 1 fully saturated rings. The standard InChI is InChI=1S/C22H35N3O/c1-15(18-10-9-17-7-5-6-8-19(17)13-18)24-21(26)16(2)25-12-11-20(23)22(3,4)14-25/h9-10,13,15-16,20H,5-8,11-12,14,23H2,1-4H3,(H,24,26). The topological polar surface area (TPSA) is 58.4 Å². The normalized spacial score (nSPS) is 25.2. The van der Waals surface area contributed by atoms with Crippen molar-refractivity contribution in [2.45, 2.75) is 77.9 Å². The second kappa shape index (κ2) is 7.69. The van der Waals surface area contributed by atoms with Crippen LogP contribution in [0.1, 0.15) is 69.7 Å². The van der Waals surface area contributed by atoms with Crippen molar-refractivity contribution in [2.75, 3.05) is 13.1 Å². The Morgan fingerprint density at radius 3 is 2.62 bits per heavy atom. The van der Waals surface area contributed by atoms with E-state index in [-0.39, 0.29) is 29.4 Å². The van der Waals surface area contributed by atoms with E-state index in [1.165, 1.54) is 42.4 Å². The summed E-state index contributed by atoms with van der Waals surface area (Å²) in [4.78, 5) is 15.1. The van der Waals surface area contributed by atoms with Gasteiger partial charge in [-0.3, -0.25) is 9.69 Å². The fourth-order valence-electron chi connectivity index (χ4n) is 4.35. The van der Waals surface area contributed by atoms with E-state index >= 15 is 0 Å². The van der Waals surface area contributed by atoms with Gasteiger partial charge in [-0.05, 0) is 68.1 Å². The van der Waals surface area contributed by atoms with E-state index in [4.69, 9.17) is 5.73 Å². The quantitative estimate of drug-likeness (QED) is 0.870. The summed E-state index contributed by atoms with van der Waals surface area (Å²) in [5.41, 5.74) is 10.5. The third-order valence-corrected chi connectivity index (χ3v) is 6.50. The summed E-state index contributed by atoms with van der Waals surface area (Å²) in [6.45, 7) is 10.3. The maximum Gasteiger partial charge on any atom is 0.237 e. The van der Waals surface area contributed by atoms with Gasteiger partial charge in [0.15, 0.2) is 0 Å². The van der Waals surface area contributed by atoms with Gasteiger partial charge in [0.2, 0.25) is 5.91 Å². The molecule has 0 spiro atoms. The number of hydrogen-bond acceptors (Lipinski definition) is 3. The maximum atomic E-state index is 12.8. The van der Waals surface area contributed by atoms with Crippen molar-refractivity contribution >= 4 is 5.91 Å². The maximum absolute atomic E-state index is 12.8. The van der Waals surface area contributed by atoms with Gasteiger partial charge in [0.05, 0.1) is 12.1 Å². The molecule has 1 aromatic carbocycles. The number of fused-ring (bicyclic) bond motifs is 1. The molecule has 1 aliphatic carbocycles. The summed E-state index contributed by atoms with van der Waals surface area (Å²) >= 11 is 0. The number of likely N-dealkylation sites (tertiary alicyclic amines) is 1. The molecule has 2 aliphatic rings. The van der Waals surface area contributed by atoms with Crippen molar-refractivity contribution in [3.05, 3.63) is 34.9 Å². The van der Waals surface area contributed by atoms with Crippen LogP contribution in [-0.4, -0.2) is 36.0 Å². The Labute approximate surface area is 158 Å². The Bertz CT molecular complexity index is 655. The zero-order chi connectivity index (χ0) is 18.9. The van der Waals surface area contributed by atoms with Gasteiger partial charge >= 0.3 is 0 Å². The van der Waals surface area contributed by atoms with Crippen LogP contribution in [0.3, 0.4) is 0 Å². The number of piperidine rings is 1. The molecule has 0 aromatic heterocycles. The van der Waals surface area contributed by atoms with Crippen molar-refractivity contribution in [2.24, 2.45) is 11.1 Å². The molecule has 4 heteroatoms. The van der Waals surface area contributed by atoms with Gasteiger partial charge in [-0.25, -0.2) is 0 Å². The number of carbonyl (C=O) groups excluding carboxylic acids is 1. The van der Waals surface area contributed by atoms with Crippen LogP contribution < -0.4 is 11.1 Å². The summed E-state index contributed by atoms with van der Waals surface area (Å²) in [6, 6.07) is 6.86. The first-order valence-corrected chi connectivity index (χ1v) is 10.2. The number of benzene rings is 1. The zero-order valence-corrected chi connectivity index (χ0v) is 16.8. The van der Waals surface area contributed by atoms with Gasteiger partial charge in [0, 0.05) is 19.1 Å². The number of carbonyl (C=O) groups is 1. The molecule has 1 aliphatic heterocycles. The van der Waals surface area contributed by atoms with E-state index in [0.29, 0.717) is 0 Å². The molecule has 0 radical (unpaired) electrons. The molecule has 3 unspecified atom stereocenters. The molecule has 0 saturated carbocycles. The average molecular weight is 358 g/mol. The van der Waals surface area contributed by atoms with Crippen LogP contribution in [0.25, 0.3) is 0 Å². The minimum absolute atomic E-state index is 0.0391. The van der Waals surface area contributed by atoms with Crippen LogP contribution in [0.5, 0.6) is 0 Å². The first-order chi connectivity index (χ1) is 12.3. The molecule has 1 saturated heterocycles. The molecule has 1 heterocycles. The lowest BCUT2D eigenvalue weighted by Gasteiger charge is -2.44. The predicted octanol–water partition coefficient (Wildman–Crippen LogP) is 3.19. The lowest BCUT2D eigenvalue weighted by atomic mass is 9.79. The number of aryl methyl sites for hydroxylation is 2. The lowest BCUT2D eigenvalue weighted by Crippen LogP contribution is -2.57. The van der Waals surface area contributed by atoms with E-state index in [2.05, 4.69) is 49.2 Å². The summed E-state index contributed by atoms with van der Waals surface area (Å²) < 4.78 is 0. The van der Waals surface area contributed by atoms with Crippen LogP contribution in [0, 0.1) is 5.41 Å². The van der Waals surface area contributed by atoms with Crippen LogP contribution >= 0.6 is 0 Å². The second-order valence-corrected chi connectivity index (χ2v) is 9.00. The largest absolute Gasteiger partial charge is 0.348 e. The summed E-state index contributed by atoms with van der Waals surface area (Å²) in [6.07, 6.45) is 5.89. The molecule has 1 aromatic rings. The molecular formula is C22H35N3O. The smallest absolute Gasteiger partial charge is 0.237 e. The number of rotatable bonds is 4. The highest BCUT2D eigenvalue weighted by atomic mass is 16.2. The van der Waals surface area contributed by atoms with Gasteiger partial charge in [-0.1, -0.05) is 32.0 Å². The molecule has 0 bridgehead atoms. The van der Waals surface area contributed by atoms with Crippen LogP contribution in [0.15, 0.2) is 18.2 Å². The second-order valence-electron chi connectivity index (χ2n) is 9.00. The highest BCUT2D eigenvalue weighted by Gasteiger charge is 2.36. The lowest BCUT2D eigenvalue weighted by molar-refractivity contribution is -0.127. The van der Waals surface area contributed by atoms with Gasteiger partial charge in [0.25, 0.3) is 0 Å². The minimum Gasteiger partial charge on any atom is -0.348 e. The van der Waals surface area contributed by atoms with Crippen LogP contribution in [0.4, 0.5) is 0 Å². The molecule has 3 atom stereocenters. The first kappa shape index (κ1) is 19.4. The van der Waals surface area contributed by atoms with Crippen molar-refractivity contribution < 1.29 is 4.79 Å². The van der Waals surface area contributed by atoms with E-state index in [1.54, 1.807) is 0 Å². The number of amides is 1. The molecule has 144 valence electrons. The first-order valence-electron chi connectivity index (χ1n) is 10.2. The van der Waals surface area contributed by atoms with Crippen molar-refractivity contribution in [3.8, 4) is 0 Å². The highest BCUT2D eigenvalue weighted by molar-refractivity contribution is 5.81. The van der Waals surface area contributed by atoms with E-state index in [1.807, 2.05) is 6.92 Å². The fraction of sp³-hybridized carbons (Fsp3) is 0.682. The zero-order valence-electron chi connectivity index (χ0n) is 16.8. The van der Waals surface area contributed by atoms with Crippen LogP contribution in [-0.2, 0) is 17.6 Å². The van der Waals surface area contributed by atoms with Crippen molar-refractivity contribution in [1.82, 2.24) is 10.2 Å². The van der Waals surface area contributed by atoms with Crippen molar-refractivity contribution in [3.63, 3.8) is 0 Å². The number of nitrogens with two attached hydrogens (primary N) is 1. The number of nitrogens with one attached hydrogen (secondary N) is 1. The SMILES string of the molecule is CC(NC(=O)C(C)N1CCC(N)C(C)(C)C1)c1ccc2c(c1)CCCC2. The number of nitrogens with zero attached hydrogens (tertiary/aromatic N) is 1. The third-order valence-electron chi connectivity index (χ3n) is 6.50. The van der Waals surface area contributed by atoms with Gasteiger partial charge < -0.3 is 11.1 Å². The molecular weight excluding hydrogens is 322 g/mol. The van der Waals surface area contributed by atoms with Crippen molar-refractivity contribution in [1.29, 1.82) is 0 Å². The van der Waals surface area contributed by atoms with Gasteiger partial charge in [-0.2, -0.15) is 0 Å². The summed E-state index contributed by atoms with van der Waals surface area (Å²) in [5, 5.41) is 3.23. The molecule has 26 heavy (non-hydrogen) atoms. The molecule has 3 N–H and O–H groups in total. The molecule has 1 amide bonds. The Balaban J connectivity index is 1.62. The predicted molar refractivity (Wildman–Crippen MR) is 107 cm³/mol. The average Bonchev–Trinajstić information content (AvgIpc) is 2.62. The molecule has 4 nitrogen and oxygen atoms in total. The summed E-state index contributed by atoms with van der Waals surface area (Å²) in [7, 11) is 0. The Morgan fingerprint density at radius 1 is 1.23 bits per heavy atom. The van der Waals surface area contributed by atoms with Gasteiger partial charge in [0.1, 0.15) is 0 Å². The Morgan fingerprint density at radius 2 is 1.92 bits per heavy atom. The molecule has 3 rings (SSSR count). The van der Waals surface area contributed by atoms with E-state index < -0.39 is 0 Å². The summed E-state index contributed by atoms with van der Waals surface area (Å²) in [5.74, 6) is 0.112. The minimum atomic E-state index is -0.123. The van der Waals surface area contributed by atoms with E-state index in [9.17, 15) is 4.79 Å². The fourth-order valence-corrected chi connectivity index (χ4v) is 4.35. The van der Waals surface area contributed by atoms with Crippen LogP contribution in [0.2, 0.25) is 0 Å². The number of hydrogen-bond donors (Lipinski definition) is 2. The van der Waals surface area contributed by atoms with Gasteiger partial charge in [-0.15, -0.1) is 0 Å².